The number of hydrogen-bond donors (Lipinski definition) is 1. The van der Waals surface area contributed by atoms with Crippen LogP contribution in [0.4, 0.5) is 0 Å². The zero-order valence-corrected chi connectivity index (χ0v) is 15.4. The first kappa shape index (κ1) is 17.8. The number of nitrogens with one attached hydrogen (secondary N) is 1. The minimum Gasteiger partial charge on any atom is -0.376 e. The van der Waals surface area contributed by atoms with E-state index in [0.29, 0.717) is 17.2 Å². The number of ether oxygens (including phenoxy) is 1. The molecule has 1 aromatic heterocycles. The minimum absolute atomic E-state index is 0.0277. The van der Waals surface area contributed by atoms with Gasteiger partial charge in [0, 0.05) is 13.2 Å². The number of sulfonamides is 1. The maximum atomic E-state index is 12.8. The molecule has 0 spiro atoms. The molecular formula is C16H24N2O4S2. The van der Waals surface area contributed by atoms with Crippen molar-refractivity contribution in [3.05, 3.63) is 17.5 Å². The topological polar surface area (TPSA) is 75.7 Å². The normalized spacial score (nSPS) is 27.0. The molecule has 6 nitrogen and oxygen atoms in total. The lowest BCUT2D eigenvalue weighted by Gasteiger charge is -2.34. The predicted octanol–water partition coefficient (Wildman–Crippen LogP) is 1.97. The van der Waals surface area contributed by atoms with Crippen LogP contribution < -0.4 is 5.32 Å². The third kappa shape index (κ3) is 3.66. The van der Waals surface area contributed by atoms with E-state index in [1.807, 2.05) is 6.92 Å². The highest BCUT2D eigenvalue weighted by Crippen LogP contribution is 2.28. The third-order valence-electron chi connectivity index (χ3n) is 4.71. The van der Waals surface area contributed by atoms with Gasteiger partial charge < -0.3 is 10.1 Å². The molecule has 3 atom stereocenters. The summed E-state index contributed by atoms with van der Waals surface area (Å²) in [6.07, 6.45) is 4.18. The second-order valence-electron chi connectivity index (χ2n) is 6.41. The summed E-state index contributed by atoms with van der Waals surface area (Å²) in [7, 11) is -3.61. The number of thiophene rings is 1. The van der Waals surface area contributed by atoms with Crippen molar-refractivity contribution in [1.82, 2.24) is 9.62 Å². The summed E-state index contributed by atoms with van der Waals surface area (Å²) in [5, 5.41) is 4.71. The molecule has 1 aromatic rings. The Labute approximate surface area is 147 Å². The summed E-state index contributed by atoms with van der Waals surface area (Å²) >= 11 is 1.19. The lowest BCUT2D eigenvalue weighted by molar-refractivity contribution is -0.127. The van der Waals surface area contributed by atoms with Gasteiger partial charge in [-0.05, 0) is 44.1 Å². The summed E-state index contributed by atoms with van der Waals surface area (Å²) in [5.41, 5.74) is 0. The van der Waals surface area contributed by atoms with Crippen molar-refractivity contribution in [1.29, 1.82) is 0 Å². The molecule has 2 saturated heterocycles. The second-order valence-corrected chi connectivity index (χ2v) is 9.47. The van der Waals surface area contributed by atoms with Crippen LogP contribution >= 0.6 is 11.3 Å². The summed E-state index contributed by atoms with van der Waals surface area (Å²) in [4.78, 5) is 12.7. The number of carbonyl (C=O) groups is 1. The van der Waals surface area contributed by atoms with Crippen LogP contribution in [-0.2, 0) is 19.6 Å². The third-order valence-corrected chi connectivity index (χ3v) is 7.99. The van der Waals surface area contributed by atoms with Crippen molar-refractivity contribution >= 4 is 27.3 Å². The van der Waals surface area contributed by atoms with Crippen LogP contribution in [0.5, 0.6) is 0 Å². The summed E-state index contributed by atoms with van der Waals surface area (Å²) < 4.78 is 33.0. The van der Waals surface area contributed by atoms with Crippen LogP contribution in [0.1, 0.15) is 39.0 Å². The molecule has 0 bridgehead atoms. The number of piperidine rings is 1. The molecule has 0 radical (unpaired) electrons. The molecule has 2 aliphatic rings. The zero-order valence-electron chi connectivity index (χ0n) is 13.8. The van der Waals surface area contributed by atoms with Gasteiger partial charge in [0.25, 0.3) is 10.0 Å². The van der Waals surface area contributed by atoms with Crippen LogP contribution in [0.15, 0.2) is 21.7 Å². The number of carbonyl (C=O) groups excluding carboxylic acids is 1. The first-order chi connectivity index (χ1) is 11.5. The van der Waals surface area contributed by atoms with Crippen molar-refractivity contribution in [2.45, 2.75) is 61.4 Å². The first-order valence-corrected chi connectivity index (χ1v) is 10.8. The van der Waals surface area contributed by atoms with Gasteiger partial charge in [0.1, 0.15) is 10.3 Å². The van der Waals surface area contributed by atoms with Crippen LogP contribution in [0, 0.1) is 0 Å². The molecule has 2 fully saturated rings. The average Bonchev–Trinajstić information content (AvgIpc) is 3.28. The summed E-state index contributed by atoms with van der Waals surface area (Å²) in [5.74, 6) is -0.210. The second kappa shape index (κ2) is 7.51. The summed E-state index contributed by atoms with van der Waals surface area (Å²) in [6, 6.07) is 2.58. The van der Waals surface area contributed by atoms with Crippen LogP contribution in [0.2, 0.25) is 0 Å². The highest BCUT2D eigenvalue weighted by molar-refractivity contribution is 7.91. The van der Waals surface area contributed by atoms with Crippen molar-refractivity contribution in [2.24, 2.45) is 0 Å². The van der Waals surface area contributed by atoms with Crippen molar-refractivity contribution in [3.63, 3.8) is 0 Å². The van der Waals surface area contributed by atoms with E-state index >= 15 is 0 Å². The van der Waals surface area contributed by atoms with Crippen LogP contribution in [0.25, 0.3) is 0 Å². The van der Waals surface area contributed by atoms with Gasteiger partial charge >= 0.3 is 0 Å². The maximum Gasteiger partial charge on any atom is 0.253 e. The van der Waals surface area contributed by atoms with E-state index in [4.69, 9.17) is 4.74 Å². The van der Waals surface area contributed by atoms with Gasteiger partial charge in [-0.15, -0.1) is 11.3 Å². The minimum atomic E-state index is -3.61. The van der Waals surface area contributed by atoms with Gasteiger partial charge in [0.05, 0.1) is 12.1 Å². The summed E-state index contributed by atoms with van der Waals surface area (Å²) in [6.45, 7) is 3.05. The molecule has 0 unspecified atom stereocenters. The smallest absolute Gasteiger partial charge is 0.253 e. The number of hydrogen-bond acceptors (Lipinski definition) is 5. The Morgan fingerprint density at radius 2 is 2.21 bits per heavy atom. The van der Waals surface area contributed by atoms with Gasteiger partial charge in [0.2, 0.25) is 5.91 Å². The fourth-order valence-corrected chi connectivity index (χ4v) is 6.17. The molecule has 0 aliphatic carbocycles. The van der Waals surface area contributed by atoms with Gasteiger partial charge in [-0.1, -0.05) is 12.5 Å². The van der Waals surface area contributed by atoms with Gasteiger partial charge in [-0.25, -0.2) is 8.42 Å². The van der Waals surface area contributed by atoms with Crippen molar-refractivity contribution in [3.8, 4) is 0 Å². The Kier molecular flexibility index (Phi) is 5.59. The number of nitrogens with zero attached hydrogens (tertiary/aromatic N) is 1. The van der Waals surface area contributed by atoms with Gasteiger partial charge in [-0.3, -0.25) is 4.79 Å². The molecule has 1 amide bonds. The molecule has 24 heavy (non-hydrogen) atoms. The Morgan fingerprint density at radius 3 is 2.88 bits per heavy atom. The fraction of sp³-hybridized carbons (Fsp3) is 0.688. The highest BCUT2D eigenvalue weighted by atomic mass is 32.2. The van der Waals surface area contributed by atoms with E-state index in [9.17, 15) is 13.2 Å². The van der Waals surface area contributed by atoms with Gasteiger partial charge in [-0.2, -0.15) is 4.31 Å². The molecule has 0 aromatic carbocycles. The molecule has 3 rings (SSSR count). The SMILES string of the molecule is C[C@H](NC(=O)[C@H]1CCCCN1S(=O)(=O)c1cccs1)[C@@H]1CCCO1. The Morgan fingerprint density at radius 1 is 1.38 bits per heavy atom. The fourth-order valence-electron chi connectivity index (χ4n) is 3.39. The average molecular weight is 373 g/mol. The standard InChI is InChI=1S/C16H24N2O4S2/c1-12(14-7-4-10-22-14)17-16(19)13-6-2-3-9-18(13)24(20,21)15-8-5-11-23-15/h5,8,11-14H,2-4,6-7,9-10H2,1H3,(H,17,19)/t12-,13+,14-/m0/s1. The van der Waals surface area contributed by atoms with E-state index in [1.54, 1.807) is 17.5 Å². The van der Waals surface area contributed by atoms with Crippen molar-refractivity contribution < 1.29 is 17.9 Å². The molecule has 8 heteroatoms. The largest absolute Gasteiger partial charge is 0.376 e. The molecule has 1 N–H and O–H groups in total. The quantitative estimate of drug-likeness (QED) is 0.857. The number of rotatable bonds is 5. The monoisotopic (exact) mass is 372 g/mol. The zero-order chi connectivity index (χ0) is 17.2. The van der Waals surface area contributed by atoms with E-state index in [2.05, 4.69) is 5.32 Å². The van der Waals surface area contributed by atoms with Crippen LogP contribution in [0.3, 0.4) is 0 Å². The first-order valence-electron chi connectivity index (χ1n) is 8.47. The van der Waals surface area contributed by atoms with E-state index in [1.165, 1.54) is 15.6 Å². The van der Waals surface area contributed by atoms with Gasteiger partial charge in [0.15, 0.2) is 0 Å². The molecule has 0 saturated carbocycles. The van der Waals surface area contributed by atoms with Crippen molar-refractivity contribution in [2.75, 3.05) is 13.2 Å². The molecule has 3 heterocycles. The molecular weight excluding hydrogens is 348 g/mol. The highest BCUT2D eigenvalue weighted by Gasteiger charge is 2.39. The van der Waals surface area contributed by atoms with Crippen LogP contribution in [-0.4, -0.2) is 50.0 Å². The number of amides is 1. The Bertz CT molecular complexity index is 654. The lowest BCUT2D eigenvalue weighted by atomic mass is 10.0. The molecule has 134 valence electrons. The maximum absolute atomic E-state index is 12.8. The lowest BCUT2D eigenvalue weighted by Crippen LogP contribution is -2.54. The predicted molar refractivity (Wildman–Crippen MR) is 92.4 cm³/mol. The van der Waals surface area contributed by atoms with E-state index in [0.717, 1.165) is 32.3 Å². The van der Waals surface area contributed by atoms with E-state index in [-0.39, 0.29) is 18.1 Å². The van der Waals surface area contributed by atoms with E-state index < -0.39 is 16.1 Å². The molecule has 2 aliphatic heterocycles. The Hall–Kier alpha value is -0.960. The Balaban J connectivity index is 1.73.